The number of aromatic nitrogens is 4. The van der Waals surface area contributed by atoms with Gasteiger partial charge in [-0.25, -0.2) is 9.89 Å². The van der Waals surface area contributed by atoms with Crippen LogP contribution in [0.3, 0.4) is 0 Å². The Hall–Kier alpha value is -4.35. The summed E-state index contributed by atoms with van der Waals surface area (Å²) in [4.78, 5) is 34.7. The van der Waals surface area contributed by atoms with Gasteiger partial charge in [0.15, 0.2) is 5.82 Å². The van der Waals surface area contributed by atoms with E-state index in [1.165, 1.54) is 4.90 Å². The summed E-state index contributed by atoms with van der Waals surface area (Å²) < 4.78 is 0. The molecule has 1 atom stereocenters. The number of tetrazole rings is 1. The maximum atomic E-state index is 12.9. The first-order valence-electron chi connectivity index (χ1n) is 11.4. The van der Waals surface area contributed by atoms with E-state index in [0.29, 0.717) is 12.2 Å². The van der Waals surface area contributed by atoms with Gasteiger partial charge in [0.1, 0.15) is 6.04 Å². The molecule has 0 saturated heterocycles. The van der Waals surface area contributed by atoms with Crippen molar-refractivity contribution in [2.24, 2.45) is 5.92 Å². The fourth-order valence-electron chi connectivity index (χ4n) is 3.79. The zero-order chi connectivity index (χ0) is 26.7. The van der Waals surface area contributed by atoms with Crippen molar-refractivity contribution in [3.63, 3.8) is 0 Å². The van der Waals surface area contributed by atoms with Gasteiger partial charge in [-0.15, -0.1) is 15.2 Å². The van der Waals surface area contributed by atoms with E-state index >= 15 is 0 Å². The van der Waals surface area contributed by atoms with E-state index in [0.717, 1.165) is 35.1 Å². The topological polar surface area (TPSA) is 175 Å². The Morgan fingerprint density at radius 2 is 1.72 bits per heavy atom. The monoisotopic (exact) mass is 498 g/mol. The number of benzene rings is 2. The summed E-state index contributed by atoms with van der Waals surface area (Å²) in [6, 6.07) is 14.8. The first-order valence-corrected chi connectivity index (χ1v) is 11.4. The summed E-state index contributed by atoms with van der Waals surface area (Å²) in [6.07, 6.45) is 1.98. The minimum Gasteiger partial charge on any atom is -0.480 e. The van der Waals surface area contributed by atoms with Crippen molar-refractivity contribution in [3.8, 4) is 22.5 Å². The van der Waals surface area contributed by atoms with Crippen LogP contribution in [-0.2, 0) is 16.1 Å². The number of hydrogen-bond acceptors (Lipinski definition) is 7. The third-order valence-corrected chi connectivity index (χ3v) is 5.43. The number of carbonyl (C=O) groups is 2. The maximum absolute atomic E-state index is 12.9. The van der Waals surface area contributed by atoms with Crippen molar-refractivity contribution in [1.82, 2.24) is 25.5 Å². The quantitative estimate of drug-likeness (QED) is 0.277. The highest BCUT2D eigenvalue weighted by Gasteiger charge is 2.32. The predicted molar refractivity (Wildman–Crippen MR) is 130 cm³/mol. The second kappa shape index (κ2) is 13.5. The van der Waals surface area contributed by atoms with Crippen LogP contribution < -0.4 is 0 Å². The predicted octanol–water partition coefficient (Wildman–Crippen LogP) is 3.81. The molecule has 3 rings (SSSR count). The number of aliphatic carboxylic acids is 1. The Morgan fingerprint density at radius 3 is 2.22 bits per heavy atom. The molecule has 12 heteroatoms. The van der Waals surface area contributed by atoms with Crippen molar-refractivity contribution in [2.75, 3.05) is 0 Å². The molecule has 0 aliphatic rings. The first-order chi connectivity index (χ1) is 17.1. The van der Waals surface area contributed by atoms with E-state index in [9.17, 15) is 14.7 Å². The van der Waals surface area contributed by atoms with Crippen LogP contribution in [0, 0.1) is 16.0 Å². The highest BCUT2D eigenvalue weighted by atomic mass is 16.9. The van der Waals surface area contributed by atoms with Crippen LogP contribution in [0.25, 0.3) is 22.5 Å². The van der Waals surface area contributed by atoms with Crippen LogP contribution in [0.4, 0.5) is 0 Å². The third kappa shape index (κ3) is 7.86. The molecule has 0 fully saturated rings. The van der Waals surface area contributed by atoms with Crippen molar-refractivity contribution < 1.29 is 25.0 Å². The fraction of sp³-hybridized carbons (Fsp3) is 0.375. The SMILES string of the molecule is CCCCC(=O)N(Cc1ccc(-c2ccccc2-c2nnn[nH]2)cc1)[C@H](C(=O)O)C(C)C.O=[N+]([O-])O. The van der Waals surface area contributed by atoms with Crippen molar-refractivity contribution in [3.05, 3.63) is 64.2 Å². The van der Waals surface area contributed by atoms with Crippen LogP contribution >= 0.6 is 0 Å². The number of carbonyl (C=O) groups excluding carboxylic acids is 1. The average Bonchev–Trinajstić information content (AvgIpc) is 3.37. The molecule has 1 heterocycles. The number of rotatable bonds is 10. The lowest BCUT2D eigenvalue weighted by Crippen LogP contribution is -2.47. The number of nitrogens with zero attached hydrogens (tertiary/aromatic N) is 5. The summed E-state index contributed by atoms with van der Waals surface area (Å²) in [6.45, 7) is 5.93. The van der Waals surface area contributed by atoms with Crippen LogP contribution in [-0.4, -0.2) is 58.8 Å². The van der Waals surface area contributed by atoms with Crippen molar-refractivity contribution in [1.29, 1.82) is 0 Å². The lowest BCUT2D eigenvalue weighted by molar-refractivity contribution is -0.742. The number of unbranched alkanes of at least 4 members (excludes halogenated alkanes) is 1. The molecule has 0 spiro atoms. The molecule has 0 radical (unpaired) electrons. The van der Waals surface area contributed by atoms with Gasteiger partial charge in [0.25, 0.3) is 5.09 Å². The smallest absolute Gasteiger partial charge is 0.326 e. The Kier molecular flexibility index (Phi) is 10.5. The molecule has 2 aromatic carbocycles. The van der Waals surface area contributed by atoms with E-state index in [-0.39, 0.29) is 18.4 Å². The molecular weight excluding hydrogens is 468 g/mol. The first kappa shape index (κ1) is 27.9. The second-order valence-corrected chi connectivity index (χ2v) is 8.38. The molecule has 3 N–H and O–H groups in total. The van der Waals surface area contributed by atoms with Crippen molar-refractivity contribution in [2.45, 2.75) is 52.6 Å². The van der Waals surface area contributed by atoms with E-state index in [1.807, 2.05) is 69.3 Å². The molecule has 1 aromatic heterocycles. The number of carboxylic acid groups (broad SMARTS) is 1. The van der Waals surface area contributed by atoms with Gasteiger partial charge in [-0.2, -0.15) is 0 Å². The third-order valence-electron chi connectivity index (χ3n) is 5.43. The number of aromatic amines is 1. The summed E-state index contributed by atoms with van der Waals surface area (Å²) in [7, 11) is 0. The lowest BCUT2D eigenvalue weighted by atomic mass is 9.97. The lowest BCUT2D eigenvalue weighted by Gasteiger charge is -2.32. The minimum atomic E-state index is -1.50. The van der Waals surface area contributed by atoms with Crippen LogP contribution in [0.5, 0.6) is 0 Å². The molecule has 12 nitrogen and oxygen atoms in total. The Balaban J connectivity index is 0.00000106. The molecule has 0 saturated carbocycles. The zero-order valence-corrected chi connectivity index (χ0v) is 20.4. The molecule has 0 unspecified atom stereocenters. The summed E-state index contributed by atoms with van der Waals surface area (Å²) in [5, 5.41) is 37.5. The molecule has 0 aliphatic carbocycles. The Bertz CT molecular complexity index is 1130. The van der Waals surface area contributed by atoms with Gasteiger partial charge in [0, 0.05) is 18.5 Å². The zero-order valence-electron chi connectivity index (χ0n) is 20.4. The molecular formula is C24H30N6O6. The van der Waals surface area contributed by atoms with Crippen LogP contribution in [0.2, 0.25) is 0 Å². The molecule has 0 aliphatic heterocycles. The Labute approximate surface area is 208 Å². The number of hydrogen-bond donors (Lipinski definition) is 3. The highest BCUT2D eigenvalue weighted by Crippen LogP contribution is 2.30. The van der Waals surface area contributed by atoms with Gasteiger partial charge < -0.3 is 15.2 Å². The van der Waals surface area contributed by atoms with Gasteiger partial charge in [0.05, 0.1) is 0 Å². The van der Waals surface area contributed by atoms with Crippen molar-refractivity contribution >= 4 is 11.9 Å². The highest BCUT2D eigenvalue weighted by molar-refractivity contribution is 5.84. The second-order valence-electron chi connectivity index (χ2n) is 8.38. The molecule has 192 valence electrons. The van der Waals surface area contributed by atoms with Gasteiger partial charge in [0.2, 0.25) is 5.91 Å². The summed E-state index contributed by atoms with van der Waals surface area (Å²) in [5.74, 6) is -0.713. The number of carboxylic acids is 1. The normalized spacial score (nSPS) is 11.3. The number of H-pyrrole nitrogens is 1. The molecule has 3 aromatic rings. The van der Waals surface area contributed by atoms with E-state index < -0.39 is 17.1 Å². The Morgan fingerprint density at radius 1 is 1.11 bits per heavy atom. The molecule has 36 heavy (non-hydrogen) atoms. The molecule has 0 bridgehead atoms. The number of amides is 1. The van der Waals surface area contributed by atoms with Crippen LogP contribution in [0.15, 0.2) is 48.5 Å². The van der Waals surface area contributed by atoms with E-state index in [4.69, 9.17) is 15.3 Å². The average molecular weight is 499 g/mol. The maximum Gasteiger partial charge on any atom is 0.326 e. The summed E-state index contributed by atoms with van der Waals surface area (Å²) in [5.41, 5.74) is 3.71. The number of nitrogens with one attached hydrogen (secondary N) is 1. The van der Waals surface area contributed by atoms with E-state index in [1.54, 1.807) is 0 Å². The summed E-state index contributed by atoms with van der Waals surface area (Å²) >= 11 is 0. The van der Waals surface area contributed by atoms with Gasteiger partial charge >= 0.3 is 5.97 Å². The van der Waals surface area contributed by atoms with Crippen LogP contribution in [0.1, 0.15) is 45.6 Å². The van der Waals surface area contributed by atoms with Gasteiger partial charge in [-0.05, 0) is 39.5 Å². The fourth-order valence-corrected chi connectivity index (χ4v) is 3.79. The van der Waals surface area contributed by atoms with Gasteiger partial charge in [-0.3, -0.25) is 4.79 Å². The molecule has 1 amide bonds. The van der Waals surface area contributed by atoms with E-state index in [2.05, 4.69) is 20.6 Å². The largest absolute Gasteiger partial charge is 0.480 e. The standard InChI is InChI=1S/C24H29N5O3.HNO3/c1-4-5-10-21(30)29(22(16(2)3)24(31)32)15-17-11-13-18(14-12-17)19-8-6-7-9-20(19)23-25-27-28-26-23;2-1(3)4/h6-9,11-14,16,22H,4-5,10,15H2,1-3H3,(H,31,32)(H,25,26,27,28);(H,2,3,4)/t22-;/m0./s1. The van der Waals surface area contributed by atoms with Gasteiger partial charge in [-0.1, -0.05) is 75.7 Å². The minimum absolute atomic E-state index is 0.125.